The Labute approximate surface area is 128 Å². The van der Waals surface area contributed by atoms with Crippen LogP contribution in [-0.4, -0.2) is 18.0 Å². The number of carbonyl (C=O) groups excluding carboxylic acids is 1. The number of hydrogen-bond donors (Lipinski definition) is 2. The smallest absolute Gasteiger partial charge is 0.251 e. The normalized spacial score (nSPS) is 17.4. The average Bonchev–Trinajstić information content (AvgIpc) is 2.37. The van der Waals surface area contributed by atoms with Crippen molar-refractivity contribution in [1.82, 2.24) is 5.32 Å². The fourth-order valence-electron chi connectivity index (χ4n) is 2.42. The number of nitrogens with one attached hydrogen (secondary N) is 1. The number of rotatable bonds is 3. The van der Waals surface area contributed by atoms with Crippen LogP contribution in [0, 0.1) is 0 Å². The molecule has 0 aliphatic heterocycles. The van der Waals surface area contributed by atoms with Crippen LogP contribution in [0.3, 0.4) is 0 Å². The predicted octanol–water partition coefficient (Wildman–Crippen LogP) is 3.26. The second kappa shape index (κ2) is 7.27. The third kappa shape index (κ3) is 4.79. The molecule has 1 aromatic rings. The molecule has 2 rings (SSSR count). The maximum atomic E-state index is 12.0. The van der Waals surface area contributed by atoms with Crippen LogP contribution in [0.2, 0.25) is 0 Å². The molecule has 0 radical (unpaired) electrons. The number of hydrogen-bond acceptors (Lipinski definition) is 2. The van der Waals surface area contributed by atoms with Crippen molar-refractivity contribution in [1.29, 1.82) is 0 Å². The summed E-state index contributed by atoms with van der Waals surface area (Å²) >= 11 is 3.36. The molecule has 19 heavy (non-hydrogen) atoms. The van der Waals surface area contributed by atoms with Crippen molar-refractivity contribution < 1.29 is 4.79 Å². The molecular weight excluding hydrogens is 328 g/mol. The second-order valence-corrected chi connectivity index (χ2v) is 6.03. The monoisotopic (exact) mass is 346 g/mol. The Kier molecular flexibility index (Phi) is 6.30. The largest absolute Gasteiger partial charge is 0.350 e. The average molecular weight is 348 g/mol. The second-order valence-electron chi connectivity index (χ2n) is 5.12. The highest BCUT2D eigenvalue weighted by molar-refractivity contribution is 9.10. The van der Waals surface area contributed by atoms with E-state index in [0.29, 0.717) is 12.1 Å². The summed E-state index contributed by atoms with van der Waals surface area (Å²) in [5, 5.41) is 2.95. The Morgan fingerprint density at radius 1 is 1.32 bits per heavy atom. The zero-order valence-corrected chi connectivity index (χ0v) is 13.2. The van der Waals surface area contributed by atoms with Gasteiger partial charge < -0.3 is 11.1 Å². The summed E-state index contributed by atoms with van der Waals surface area (Å²) in [4.78, 5) is 12.0. The van der Waals surface area contributed by atoms with Crippen molar-refractivity contribution in [2.45, 2.75) is 37.6 Å². The van der Waals surface area contributed by atoms with Crippen LogP contribution in [-0.2, 0) is 0 Å². The van der Waals surface area contributed by atoms with Gasteiger partial charge in [0.15, 0.2) is 0 Å². The predicted molar refractivity (Wildman–Crippen MR) is 83.7 cm³/mol. The minimum absolute atomic E-state index is 0. The topological polar surface area (TPSA) is 55.1 Å². The van der Waals surface area contributed by atoms with Gasteiger partial charge in [-0.3, -0.25) is 4.79 Å². The molecule has 0 aromatic heterocycles. The molecule has 0 atom stereocenters. The summed E-state index contributed by atoms with van der Waals surface area (Å²) in [5.41, 5.74) is 6.75. The van der Waals surface area contributed by atoms with Gasteiger partial charge in [0, 0.05) is 22.1 Å². The van der Waals surface area contributed by atoms with E-state index in [-0.39, 0.29) is 23.9 Å². The van der Waals surface area contributed by atoms with E-state index in [4.69, 9.17) is 5.73 Å². The Bertz CT molecular complexity index is 433. The Morgan fingerprint density at radius 2 is 2.00 bits per heavy atom. The van der Waals surface area contributed by atoms with Gasteiger partial charge in [0.2, 0.25) is 0 Å². The Morgan fingerprint density at radius 3 is 2.63 bits per heavy atom. The van der Waals surface area contributed by atoms with Crippen molar-refractivity contribution in [2.24, 2.45) is 5.73 Å². The zero-order valence-electron chi connectivity index (χ0n) is 10.8. The molecular formula is C14H20BrClN2O. The molecule has 0 spiro atoms. The van der Waals surface area contributed by atoms with Crippen molar-refractivity contribution in [3.8, 4) is 0 Å². The van der Waals surface area contributed by atoms with Gasteiger partial charge in [-0.2, -0.15) is 0 Å². The van der Waals surface area contributed by atoms with Crippen LogP contribution >= 0.6 is 28.3 Å². The van der Waals surface area contributed by atoms with Crippen molar-refractivity contribution in [3.05, 3.63) is 34.3 Å². The van der Waals surface area contributed by atoms with Crippen molar-refractivity contribution >= 4 is 34.2 Å². The molecule has 1 fully saturated rings. The third-order valence-electron chi connectivity index (χ3n) is 3.54. The van der Waals surface area contributed by atoms with Crippen LogP contribution in [0.15, 0.2) is 28.7 Å². The molecule has 0 unspecified atom stereocenters. The lowest BCUT2D eigenvalue weighted by atomic mass is 9.82. The minimum Gasteiger partial charge on any atom is -0.350 e. The summed E-state index contributed by atoms with van der Waals surface area (Å²) in [6.45, 7) is 0.568. The first kappa shape index (κ1) is 16.5. The maximum absolute atomic E-state index is 12.0. The standard InChI is InChI=1S/C14H19BrN2O.ClH/c15-12-6-4-5-11(9-12)13(18)17-10-14(16)7-2-1-3-8-14;/h4-6,9H,1-3,7-8,10,16H2,(H,17,18);1H. The summed E-state index contributed by atoms with van der Waals surface area (Å²) in [6, 6.07) is 7.39. The lowest BCUT2D eigenvalue weighted by molar-refractivity contribution is 0.0937. The zero-order chi connectivity index (χ0) is 13.0. The van der Waals surface area contributed by atoms with Crippen LogP contribution in [0.1, 0.15) is 42.5 Å². The maximum Gasteiger partial charge on any atom is 0.251 e. The first-order valence-corrected chi connectivity index (χ1v) is 7.21. The van der Waals surface area contributed by atoms with Gasteiger partial charge in [0.05, 0.1) is 0 Å². The lowest BCUT2D eigenvalue weighted by Gasteiger charge is -2.33. The fourth-order valence-corrected chi connectivity index (χ4v) is 2.82. The van der Waals surface area contributed by atoms with Crippen LogP contribution < -0.4 is 11.1 Å². The van der Waals surface area contributed by atoms with Crippen LogP contribution in [0.5, 0.6) is 0 Å². The van der Waals surface area contributed by atoms with E-state index in [9.17, 15) is 4.79 Å². The molecule has 5 heteroatoms. The fraction of sp³-hybridized carbons (Fsp3) is 0.500. The SMILES string of the molecule is Cl.NC1(CNC(=O)c2cccc(Br)c2)CCCCC1. The summed E-state index contributed by atoms with van der Waals surface area (Å²) in [6.07, 6.45) is 5.61. The van der Waals surface area contributed by atoms with E-state index in [1.54, 1.807) is 0 Å². The first-order valence-electron chi connectivity index (χ1n) is 6.42. The highest BCUT2D eigenvalue weighted by atomic mass is 79.9. The summed E-state index contributed by atoms with van der Waals surface area (Å²) in [7, 11) is 0. The highest BCUT2D eigenvalue weighted by Gasteiger charge is 2.27. The van der Waals surface area contributed by atoms with E-state index >= 15 is 0 Å². The van der Waals surface area contributed by atoms with E-state index in [2.05, 4.69) is 21.2 Å². The lowest BCUT2D eigenvalue weighted by Crippen LogP contribution is -2.51. The molecule has 1 amide bonds. The van der Waals surface area contributed by atoms with Gasteiger partial charge in [-0.15, -0.1) is 12.4 Å². The molecule has 1 saturated carbocycles. The number of benzene rings is 1. The molecule has 0 heterocycles. The molecule has 1 aliphatic rings. The van der Waals surface area contributed by atoms with Gasteiger partial charge in [-0.25, -0.2) is 0 Å². The van der Waals surface area contributed by atoms with Gasteiger partial charge in [-0.05, 0) is 31.0 Å². The number of carbonyl (C=O) groups is 1. The third-order valence-corrected chi connectivity index (χ3v) is 4.03. The van der Waals surface area contributed by atoms with Gasteiger partial charge in [0.25, 0.3) is 5.91 Å². The van der Waals surface area contributed by atoms with E-state index in [1.807, 2.05) is 24.3 Å². The van der Waals surface area contributed by atoms with E-state index in [1.165, 1.54) is 19.3 Å². The minimum atomic E-state index is -0.208. The molecule has 106 valence electrons. The van der Waals surface area contributed by atoms with Crippen molar-refractivity contribution in [2.75, 3.05) is 6.54 Å². The molecule has 1 aromatic carbocycles. The highest BCUT2D eigenvalue weighted by Crippen LogP contribution is 2.25. The molecule has 0 bridgehead atoms. The van der Waals surface area contributed by atoms with Gasteiger partial charge in [0.1, 0.15) is 0 Å². The molecule has 0 saturated heterocycles. The first-order chi connectivity index (χ1) is 8.59. The van der Waals surface area contributed by atoms with Crippen LogP contribution in [0.25, 0.3) is 0 Å². The number of nitrogens with two attached hydrogens (primary N) is 1. The summed E-state index contributed by atoms with van der Waals surface area (Å²) in [5.74, 6) is -0.0494. The van der Waals surface area contributed by atoms with E-state index in [0.717, 1.165) is 17.3 Å². The van der Waals surface area contributed by atoms with Gasteiger partial charge >= 0.3 is 0 Å². The molecule has 3 nitrogen and oxygen atoms in total. The summed E-state index contributed by atoms with van der Waals surface area (Å²) < 4.78 is 0.912. The van der Waals surface area contributed by atoms with Gasteiger partial charge in [-0.1, -0.05) is 41.3 Å². The number of amides is 1. The molecule has 3 N–H and O–H groups in total. The van der Waals surface area contributed by atoms with E-state index < -0.39 is 0 Å². The van der Waals surface area contributed by atoms with Crippen molar-refractivity contribution in [3.63, 3.8) is 0 Å². The Hall–Kier alpha value is -0.580. The molecule has 1 aliphatic carbocycles. The van der Waals surface area contributed by atoms with Crippen LogP contribution in [0.4, 0.5) is 0 Å². The Balaban J connectivity index is 0.00000180. The quantitative estimate of drug-likeness (QED) is 0.881. The number of halogens is 2.